The molecule has 0 bridgehead atoms. The number of esters is 1. The fraction of sp³-hybridized carbons (Fsp3) is 0.619. The monoisotopic (exact) mass is 425 g/mol. The second-order valence-electron chi connectivity index (χ2n) is 8.48. The van der Waals surface area contributed by atoms with Crippen LogP contribution in [0.3, 0.4) is 0 Å². The van der Waals surface area contributed by atoms with E-state index < -0.39 is 15.7 Å². The van der Waals surface area contributed by atoms with E-state index in [-0.39, 0.29) is 30.1 Å². The summed E-state index contributed by atoms with van der Waals surface area (Å²) in [5.74, 6) is -0.506. The topological polar surface area (TPSA) is 90.0 Å². The molecule has 0 aliphatic carbocycles. The number of rotatable bonds is 7. The van der Waals surface area contributed by atoms with Crippen molar-refractivity contribution in [2.75, 3.05) is 13.7 Å². The maximum Gasteiger partial charge on any atom is 0.308 e. The number of aryl methyl sites for hydroxylation is 2. The number of carbonyl (C=O) groups excluding carboxylic acids is 2. The molecule has 0 radical (unpaired) electrons. The summed E-state index contributed by atoms with van der Waals surface area (Å²) in [6.07, 6.45) is 1.24. The number of amides is 1. The first kappa shape index (κ1) is 23.3. The van der Waals surface area contributed by atoms with E-state index in [4.69, 9.17) is 4.74 Å². The van der Waals surface area contributed by atoms with Gasteiger partial charge in [0.2, 0.25) is 5.91 Å². The summed E-state index contributed by atoms with van der Waals surface area (Å²) in [7, 11) is -2.46. The first-order chi connectivity index (χ1) is 13.3. The lowest BCUT2D eigenvalue weighted by atomic mass is 9.94. The Balaban J connectivity index is 2.20. The smallest absolute Gasteiger partial charge is 0.308 e. The van der Waals surface area contributed by atoms with Crippen LogP contribution in [0.15, 0.2) is 12.1 Å². The highest BCUT2D eigenvalue weighted by molar-refractivity contribution is 7.85. The highest BCUT2D eigenvalue weighted by Crippen LogP contribution is 2.36. The molecule has 0 N–H and O–H groups in total. The number of hydrogen-bond acceptors (Lipinski definition) is 6. The molecule has 1 heterocycles. The maximum atomic E-state index is 12.4. The molecule has 162 valence electrons. The van der Waals surface area contributed by atoms with Gasteiger partial charge in [0.1, 0.15) is 11.4 Å². The molecular weight excluding hydrogens is 394 g/mol. The zero-order valence-corrected chi connectivity index (χ0v) is 18.9. The fourth-order valence-electron chi connectivity index (χ4n) is 3.60. The summed E-state index contributed by atoms with van der Waals surface area (Å²) in [4.78, 5) is 26.2. The molecule has 7 nitrogen and oxygen atoms in total. The van der Waals surface area contributed by atoms with E-state index in [1.54, 1.807) is 4.90 Å². The van der Waals surface area contributed by atoms with Gasteiger partial charge in [0.25, 0.3) is 10.1 Å². The van der Waals surface area contributed by atoms with E-state index in [1.807, 2.05) is 46.8 Å². The van der Waals surface area contributed by atoms with E-state index in [9.17, 15) is 18.0 Å². The lowest BCUT2D eigenvalue weighted by Crippen LogP contribution is -2.32. The molecule has 1 atom stereocenters. The highest BCUT2D eigenvalue weighted by atomic mass is 32.2. The Kier molecular flexibility index (Phi) is 7.11. The van der Waals surface area contributed by atoms with Crippen LogP contribution in [0.4, 0.5) is 0 Å². The Labute approximate surface area is 173 Å². The number of nitrogens with zero attached hydrogens (tertiary/aromatic N) is 1. The van der Waals surface area contributed by atoms with Crippen molar-refractivity contribution in [3.8, 4) is 0 Å². The molecule has 1 aromatic rings. The van der Waals surface area contributed by atoms with Crippen molar-refractivity contribution in [3.63, 3.8) is 0 Å². The standard InChI is InChI=1S/C21H31NO6S/c1-14-12-17(15(2)11-16(14)13-29(25,26)27-6)18-7-8-19(23)22(18)10-9-20(24)28-21(3,4)5/h11-12,18H,7-10,13H2,1-6H3/t18-/m1/s1. The molecule has 1 aliphatic heterocycles. The van der Waals surface area contributed by atoms with Crippen molar-refractivity contribution < 1.29 is 26.9 Å². The van der Waals surface area contributed by atoms with Crippen molar-refractivity contribution in [2.45, 2.75) is 71.3 Å². The van der Waals surface area contributed by atoms with Crippen LogP contribution in [0, 0.1) is 13.8 Å². The van der Waals surface area contributed by atoms with Crippen LogP contribution in [-0.4, -0.2) is 44.4 Å². The van der Waals surface area contributed by atoms with Crippen LogP contribution < -0.4 is 0 Å². The average Bonchev–Trinajstić information content (AvgIpc) is 2.95. The second kappa shape index (κ2) is 8.83. The van der Waals surface area contributed by atoms with E-state index in [2.05, 4.69) is 4.18 Å². The summed E-state index contributed by atoms with van der Waals surface area (Å²) in [5, 5.41) is 0. The van der Waals surface area contributed by atoms with Gasteiger partial charge in [-0.15, -0.1) is 0 Å². The summed E-state index contributed by atoms with van der Waals surface area (Å²) in [6, 6.07) is 3.66. The number of ether oxygens (including phenoxy) is 1. The molecule has 29 heavy (non-hydrogen) atoms. The van der Waals surface area contributed by atoms with Gasteiger partial charge >= 0.3 is 5.97 Å². The van der Waals surface area contributed by atoms with Gasteiger partial charge in [-0.3, -0.25) is 13.8 Å². The quantitative estimate of drug-likeness (QED) is 0.492. The molecule has 0 aromatic heterocycles. The lowest BCUT2D eigenvalue weighted by Gasteiger charge is -2.28. The van der Waals surface area contributed by atoms with Gasteiger partial charge in [0.15, 0.2) is 0 Å². The number of likely N-dealkylation sites (tertiary alicyclic amines) is 1. The van der Waals surface area contributed by atoms with Crippen molar-refractivity contribution in [1.82, 2.24) is 4.90 Å². The second-order valence-corrected chi connectivity index (χ2v) is 10.2. The molecule has 8 heteroatoms. The average molecular weight is 426 g/mol. The van der Waals surface area contributed by atoms with E-state index >= 15 is 0 Å². The minimum absolute atomic E-state index is 0.0154. The Morgan fingerprint density at radius 2 is 1.86 bits per heavy atom. The van der Waals surface area contributed by atoms with Gasteiger partial charge in [-0.25, -0.2) is 0 Å². The largest absolute Gasteiger partial charge is 0.460 e. The molecule has 1 fully saturated rings. The Hall–Kier alpha value is -1.93. The molecule has 0 saturated carbocycles. The van der Waals surface area contributed by atoms with Crippen LogP contribution in [0.25, 0.3) is 0 Å². The molecule has 0 unspecified atom stereocenters. The maximum absolute atomic E-state index is 12.4. The van der Waals surface area contributed by atoms with Crippen LogP contribution in [0.1, 0.15) is 68.3 Å². The van der Waals surface area contributed by atoms with Gasteiger partial charge in [-0.2, -0.15) is 8.42 Å². The molecule has 1 amide bonds. The molecule has 0 spiro atoms. The fourth-order valence-corrected chi connectivity index (χ4v) is 4.41. The van der Waals surface area contributed by atoms with Gasteiger partial charge in [-0.1, -0.05) is 12.1 Å². The summed E-state index contributed by atoms with van der Waals surface area (Å²) >= 11 is 0. The van der Waals surface area contributed by atoms with Crippen LogP contribution in [-0.2, 0) is 34.4 Å². The van der Waals surface area contributed by atoms with E-state index in [0.717, 1.165) is 23.8 Å². The van der Waals surface area contributed by atoms with Crippen molar-refractivity contribution >= 4 is 22.0 Å². The molecule has 1 aromatic carbocycles. The molecule has 2 rings (SSSR count). The summed E-state index contributed by atoms with van der Waals surface area (Å²) < 4.78 is 33.5. The molecule has 1 aliphatic rings. The summed E-state index contributed by atoms with van der Waals surface area (Å²) in [5.41, 5.74) is 2.85. The molecule has 1 saturated heterocycles. The van der Waals surface area contributed by atoms with Crippen molar-refractivity contribution in [3.05, 3.63) is 34.4 Å². The highest BCUT2D eigenvalue weighted by Gasteiger charge is 2.33. The first-order valence-electron chi connectivity index (χ1n) is 9.72. The van der Waals surface area contributed by atoms with Gasteiger partial charge in [-0.05, 0) is 63.3 Å². The zero-order chi connectivity index (χ0) is 22.0. The Morgan fingerprint density at radius 3 is 2.45 bits per heavy atom. The van der Waals surface area contributed by atoms with Gasteiger partial charge < -0.3 is 9.64 Å². The van der Waals surface area contributed by atoms with Crippen LogP contribution >= 0.6 is 0 Å². The van der Waals surface area contributed by atoms with E-state index in [0.29, 0.717) is 24.9 Å². The predicted molar refractivity (Wildman–Crippen MR) is 110 cm³/mol. The summed E-state index contributed by atoms with van der Waals surface area (Å²) in [6.45, 7) is 9.50. The zero-order valence-electron chi connectivity index (χ0n) is 18.1. The number of carbonyl (C=O) groups is 2. The normalized spacial score (nSPS) is 17.7. The first-order valence-corrected chi connectivity index (χ1v) is 11.3. The van der Waals surface area contributed by atoms with Gasteiger partial charge in [0.05, 0.1) is 19.6 Å². The Morgan fingerprint density at radius 1 is 1.21 bits per heavy atom. The lowest BCUT2D eigenvalue weighted by molar-refractivity contribution is -0.155. The minimum atomic E-state index is -3.61. The van der Waals surface area contributed by atoms with E-state index in [1.165, 1.54) is 0 Å². The van der Waals surface area contributed by atoms with Crippen molar-refractivity contribution in [1.29, 1.82) is 0 Å². The minimum Gasteiger partial charge on any atom is -0.460 e. The number of benzene rings is 1. The molecular formula is C21H31NO6S. The Bertz CT molecular complexity index is 885. The third-order valence-corrected chi connectivity index (χ3v) is 6.15. The van der Waals surface area contributed by atoms with Gasteiger partial charge in [0, 0.05) is 13.0 Å². The predicted octanol–water partition coefficient (Wildman–Crippen LogP) is 3.17. The van der Waals surface area contributed by atoms with Crippen molar-refractivity contribution in [2.24, 2.45) is 0 Å². The number of hydrogen-bond donors (Lipinski definition) is 0. The SMILES string of the molecule is COS(=O)(=O)Cc1cc(C)c([C@H]2CCC(=O)N2CCC(=O)OC(C)(C)C)cc1C. The van der Waals surface area contributed by atoms with Crippen LogP contribution in [0.2, 0.25) is 0 Å². The van der Waals surface area contributed by atoms with Crippen LogP contribution in [0.5, 0.6) is 0 Å². The third kappa shape index (κ3) is 6.27. The third-order valence-electron chi connectivity index (χ3n) is 4.97.